The molecule has 0 bridgehead atoms. The lowest BCUT2D eigenvalue weighted by Gasteiger charge is -2.24. The van der Waals surface area contributed by atoms with Crippen molar-refractivity contribution in [3.05, 3.63) is 29.8 Å². The molecule has 1 atom stereocenters. The van der Waals surface area contributed by atoms with Gasteiger partial charge in [-0.05, 0) is 18.1 Å². The summed E-state index contributed by atoms with van der Waals surface area (Å²) < 4.78 is 5.84. The molecule has 0 N–H and O–H groups in total. The highest BCUT2D eigenvalue weighted by Crippen LogP contribution is 2.28. The highest BCUT2D eigenvalue weighted by molar-refractivity contribution is 6.27. The Morgan fingerprint density at radius 3 is 2.94 bits per heavy atom. The van der Waals surface area contributed by atoms with E-state index in [0.717, 1.165) is 25.1 Å². The first-order valence-electron chi connectivity index (χ1n) is 6.33. The van der Waals surface area contributed by atoms with Crippen LogP contribution in [0.25, 0.3) is 0 Å². The Kier molecular flexibility index (Phi) is 4.48. The van der Waals surface area contributed by atoms with Gasteiger partial charge in [0.15, 0.2) is 0 Å². The number of amides is 1. The summed E-state index contributed by atoms with van der Waals surface area (Å²) >= 11 is 5.63. The van der Waals surface area contributed by atoms with Crippen molar-refractivity contribution in [1.29, 1.82) is 0 Å². The smallest absolute Gasteiger partial charge is 0.237 e. The van der Waals surface area contributed by atoms with Gasteiger partial charge in [0.2, 0.25) is 5.91 Å². The molecule has 98 valence electrons. The second-order valence-electron chi connectivity index (χ2n) is 4.53. The van der Waals surface area contributed by atoms with Crippen molar-refractivity contribution in [1.82, 2.24) is 4.90 Å². The fraction of sp³-hybridized carbons (Fsp3) is 0.500. The van der Waals surface area contributed by atoms with E-state index in [1.165, 1.54) is 5.56 Å². The maximum Gasteiger partial charge on any atom is 0.237 e. The van der Waals surface area contributed by atoms with Crippen LogP contribution < -0.4 is 4.74 Å². The highest BCUT2D eigenvalue weighted by Gasteiger charge is 2.25. The van der Waals surface area contributed by atoms with Gasteiger partial charge in [0, 0.05) is 13.0 Å². The molecule has 1 unspecified atom stereocenters. The van der Waals surface area contributed by atoms with Crippen LogP contribution in [-0.2, 0) is 11.2 Å². The molecule has 1 amide bonds. The van der Waals surface area contributed by atoms with Crippen LogP contribution in [0, 0.1) is 0 Å². The molecule has 18 heavy (non-hydrogen) atoms. The number of hydrogen-bond donors (Lipinski definition) is 0. The minimum absolute atomic E-state index is 0.0157. The monoisotopic (exact) mass is 267 g/mol. The van der Waals surface area contributed by atoms with Crippen molar-refractivity contribution >= 4 is 17.5 Å². The van der Waals surface area contributed by atoms with Gasteiger partial charge in [-0.25, -0.2) is 0 Å². The Morgan fingerprint density at radius 2 is 2.28 bits per heavy atom. The third-order valence-corrected chi connectivity index (χ3v) is 3.33. The van der Waals surface area contributed by atoms with Gasteiger partial charge in [0.1, 0.15) is 17.7 Å². The quantitative estimate of drug-likeness (QED) is 0.767. The summed E-state index contributed by atoms with van der Waals surface area (Å²) in [7, 11) is 0. The van der Waals surface area contributed by atoms with E-state index in [0.29, 0.717) is 6.54 Å². The maximum atomic E-state index is 11.7. The number of hydrogen-bond acceptors (Lipinski definition) is 2. The zero-order valence-corrected chi connectivity index (χ0v) is 11.3. The summed E-state index contributed by atoms with van der Waals surface area (Å²) in [5, 5.41) is 0. The standard InChI is InChI=1S/C14H18ClNO2/c1-2-7-16(14(17)9-15)10-12-8-11-5-3-4-6-13(11)18-12/h3-6,12H,2,7-10H2,1H3. The number of rotatable bonds is 5. The Hall–Kier alpha value is -1.22. The van der Waals surface area contributed by atoms with E-state index in [4.69, 9.17) is 16.3 Å². The molecule has 0 aromatic heterocycles. The summed E-state index contributed by atoms with van der Waals surface area (Å²) in [4.78, 5) is 13.5. The lowest BCUT2D eigenvalue weighted by Crippen LogP contribution is -2.40. The van der Waals surface area contributed by atoms with Gasteiger partial charge >= 0.3 is 0 Å². The molecule has 0 aliphatic carbocycles. The second-order valence-corrected chi connectivity index (χ2v) is 4.79. The first-order valence-corrected chi connectivity index (χ1v) is 6.86. The van der Waals surface area contributed by atoms with Gasteiger partial charge < -0.3 is 9.64 Å². The third-order valence-electron chi connectivity index (χ3n) is 3.10. The topological polar surface area (TPSA) is 29.5 Å². The first-order chi connectivity index (χ1) is 8.74. The molecule has 1 aliphatic heterocycles. The number of carbonyl (C=O) groups excluding carboxylic acids is 1. The maximum absolute atomic E-state index is 11.7. The largest absolute Gasteiger partial charge is 0.488 e. The van der Waals surface area contributed by atoms with E-state index in [-0.39, 0.29) is 17.9 Å². The minimum atomic E-state index is -0.0157. The molecular weight excluding hydrogens is 250 g/mol. The molecule has 0 fully saturated rings. The predicted octanol–water partition coefficient (Wildman–Crippen LogP) is 2.47. The van der Waals surface area contributed by atoms with Crippen molar-refractivity contribution < 1.29 is 9.53 Å². The molecular formula is C14H18ClNO2. The van der Waals surface area contributed by atoms with E-state index in [1.54, 1.807) is 4.90 Å². The lowest BCUT2D eigenvalue weighted by molar-refractivity contribution is -0.129. The third kappa shape index (κ3) is 2.96. The summed E-state index contributed by atoms with van der Waals surface area (Å²) in [5.41, 5.74) is 1.22. The number of para-hydroxylation sites is 1. The molecule has 0 saturated heterocycles. The van der Waals surface area contributed by atoms with Gasteiger partial charge in [-0.1, -0.05) is 25.1 Å². The average Bonchev–Trinajstić information content (AvgIpc) is 2.79. The number of nitrogens with zero attached hydrogens (tertiary/aromatic N) is 1. The number of benzene rings is 1. The van der Waals surface area contributed by atoms with Crippen LogP contribution in [0.15, 0.2) is 24.3 Å². The average molecular weight is 268 g/mol. The minimum Gasteiger partial charge on any atom is -0.488 e. The van der Waals surface area contributed by atoms with Gasteiger partial charge in [-0.2, -0.15) is 0 Å². The fourth-order valence-electron chi connectivity index (χ4n) is 2.27. The number of alkyl halides is 1. The molecule has 1 aliphatic rings. The lowest BCUT2D eigenvalue weighted by atomic mass is 10.1. The molecule has 1 aromatic rings. The molecule has 4 heteroatoms. The zero-order chi connectivity index (χ0) is 13.0. The number of ether oxygens (including phenoxy) is 1. The van der Waals surface area contributed by atoms with E-state index in [2.05, 4.69) is 13.0 Å². The molecule has 3 nitrogen and oxygen atoms in total. The SMILES string of the molecule is CCCN(CC1Cc2ccccc2O1)C(=O)CCl. The van der Waals surface area contributed by atoms with Crippen LogP contribution in [0.3, 0.4) is 0 Å². The van der Waals surface area contributed by atoms with Crippen LogP contribution in [0.1, 0.15) is 18.9 Å². The van der Waals surface area contributed by atoms with E-state index in [9.17, 15) is 4.79 Å². The fourth-order valence-corrected chi connectivity index (χ4v) is 2.44. The van der Waals surface area contributed by atoms with Crippen molar-refractivity contribution in [3.8, 4) is 5.75 Å². The van der Waals surface area contributed by atoms with E-state index >= 15 is 0 Å². The summed E-state index contributed by atoms with van der Waals surface area (Å²) in [6.07, 6.45) is 1.86. The molecule has 0 radical (unpaired) electrons. The van der Waals surface area contributed by atoms with Crippen LogP contribution in [-0.4, -0.2) is 35.9 Å². The number of carbonyl (C=O) groups is 1. The van der Waals surface area contributed by atoms with Crippen molar-refractivity contribution in [2.75, 3.05) is 19.0 Å². The Balaban J connectivity index is 1.96. The summed E-state index contributed by atoms with van der Waals surface area (Å²) in [6, 6.07) is 8.03. The van der Waals surface area contributed by atoms with Gasteiger partial charge in [0.05, 0.1) is 6.54 Å². The van der Waals surface area contributed by atoms with Gasteiger partial charge in [-0.15, -0.1) is 11.6 Å². The Morgan fingerprint density at radius 1 is 1.50 bits per heavy atom. The van der Waals surface area contributed by atoms with Crippen LogP contribution in [0.2, 0.25) is 0 Å². The first kappa shape index (κ1) is 13.2. The number of halogens is 1. The molecule has 1 aromatic carbocycles. The van der Waals surface area contributed by atoms with Crippen LogP contribution in [0.4, 0.5) is 0 Å². The van der Waals surface area contributed by atoms with Crippen LogP contribution >= 0.6 is 11.6 Å². The van der Waals surface area contributed by atoms with Crippen molar-refractivity contribution in [3.63, 3.8) is 0 Å². The Bertz CT molecular complexity index is 397. The normalized spacial score (nSPS) is 17.1. The molecule has 1 heterocycles. The van der Waals surface area contributed by atoms with Crippen LogP contribution in [0.5, 0.6) is 5.75 Å². The van der Waals surface area contributed by atoms with Crippen molar-refractivity contribution in [2.24, 2.45) is 0 Å². The molecule has 2 rings (SSSR count). The molecule has 0 spiro atoms. The highest BCUT2D eigenvalue weighted by atomic mass is 35.5. The zero-order valence-electron chi connectivity index (χ0n) is 10.6. The molecule has 0 saturated carbocycles. The van der Waals surface area contributed by atoms with E-state index in [1.807, 2.05) is 18.2 Å². The predicted molar refractivity (Wildman–Crippen MR) is 72.2 cm³/mol. The Labute approximate surface area is 113 Å². The van der Waals surface area contributed by atoms with Gasteiger partial charge in [-0.3, -0.25) is 4.79 Å². The second kappa shape index (κ2) is 6.10. The van der Waals surface area contributed by atoms with Crippen molar-refractivity contribution in [2.45, 2.75) is 25.9 Å². The van der Waals surface area contributed by atoms with Gasteiger partial charge in [0.25, 0.3) is 0 Å². The summed E-state index contributed by atoms with van der Waals surface area (Å²) in [5.74, 6) is 0.968. The number of fused-ring (bicyclic) bond motifs is 1. The van der Waals surface area contributed by atoms with E-state index < -0.39 is 0 Å². The summed E-state index contributed by atoms with van der Waals surface area (Å²) in [6.45, 7) is 3.41.